The maximum atomic E-state index is 11.9. The normalized spacial score (nSPS) is 16.5. The van der Waals surface area contributed by atoms with Gasteiger partial charge in [-0.1, -0.05) is 54.6 Å². The predicted octanol–water partition coefficient (Wildman–Crippen LogP) is 5.25. The van der Waals surface area contributed by atoms with Crippen LogP contribution in [0.4, 0.5) is 4.79 Å². The van der Waals surface area contributed by atoms with Gasteiger partial charge in [0, 0.05) is 12.5 Å². The van der Waals surface area contributed by atoms with Gasteiger partial charge < -0.3 is 14.8 Å². The summed E-state index contributed by atoms with van der Waals surface area (Å²) in [6, 6.07) is 16.5. The molecule has 1 heterocycles. The van der Waals surface area contributed by atoms with E-state index in [1.54, 1.807) is 0 Å². The first-order valence-corrected chi connectivity index (χ1v) is 9.37. The molecule has 4 nitrogen and oxygen atoms in total. The minimum atomic E-state index is -0.488. The number of hydrogen-bond donors (Lipinski definition) is 1. The lowest BCUT2D eigenvalue weighted by molar-refractivity contribution is 0.0521. The molecular formula is C23H27NO3. The Balaban J connectivity index is 1.66. The number of amides is 1. The molecule has 1 atom stereocenters. The molecule has 1 aliphatic rings. The molecule has 1 aliphatic heterocycles. The third-order valence-corrected chi connectivity index (χ3v) is 4.36. The molecule has 142 valence electrons. The van der Waals surface area contributed by atoms with Gasteiger partial charge in [-0.15, -0.1) is 0 Å². The van der Waals surface area contributed by atoms with E-state index < -0.39 is 5.60 Å². The molecule has 2 aromatic carbocycles. The monoisotopic (exact) mass is 365 g/mol. The van der Waals surface area contributed by atoms with Crippen LogP contribution in [-0.2, 0) is 4.74 Å². The van der Waals surface area contributed by atoms with E-state index in [1.807, 2.05) is 39.0 Å². The van der Waals surface area contributed by atoms with Crippen molar-refractivity contribution in [1.29, 1.82) is 0 Å². The molecule has 0 bridgehead atoms. The summed E-state index contributed by atoms with van der Waals surface area (Å²) >= 11 is 0. The Hall–Kier alpha value is -2.75. The first-order valence-electron chi connectivity index (χ1n) is 9.37. The third-order valence-electron chi connectivity index (χ3n) is 4.36. The number of rotatable bonds is 4. The van der Waals surface area contributed by atoms with E-state index in [4.69, 9.17) is 9.47 Å². The second-order valence-electron chi connectivity index (χ2n) is 7.76. The van der Waals surface area contributed by atoms with Crippen LogP contribution in [0.25, 0.3) is 12.2 Å². The molecule has 3 rings (SSSR count). The van der Waals surface area contributed by atoms with Crippen LogP contribution in [0, 0.1) is 0 Å². The fourth-order valence-electron chi connectivity index (χ4n) is 3.07. The lowest BCUT2D eigenvalue weighted by Gasteiger charge is -2.27. The van der Waals surface area contributed by atoms with Crippen molar-refractivity contribution in [3.8, 4) is 5.75 Å². The van der Waals surface area contributed by atoms with E-state index >= 15 is 0 Å². The summed E-state index contributed by atoms with van der Waals surface area (Å²) in [4.78, 5) is 11.9. The van der Waals surface area contributed by atoms with Gasteiger partial charge in [0.2, 0.25) is 0 Å². The quantitative estimate of drug-likeness (QED) is 0.753. The van der Waals surface area contributed by atoms with Crippen molar-refractivity contribution in [3.63, 3.8) is 0 Å². The number of carbonyl (C=O) groups excluding carboxylic acids is 1. The Labute approximate surface area is 161 Å². The third kappa shape index (κ3) is 5.61. The van der Waals surface area contributed by atoms with Crippen molar-refractivity contribution in [2.75, 3.05) is 13.2 Å². The fraction of sp³-hybridized carbons (Fsp3) is 0.348. The molecular weight excluding hydrogens is 338 g/mol. The molecule has 0 radical (unpaired) electrons. The lowest BCUT2D eigenvalue weighted by Crippen LogP contribution is -2.35. The molecule has 4 heteroatoms. The second-order valence-corrected chi connectivity index (χ2v) is 7.76. The molecule has 1 N–H and O–H groups in total. The lowest BCUT2D eigenvalue weighted by atomic mass is 9.92. The molecule has 0 saturated heterocycles. The SMILES string of the molecule is CC(C)(C)OC(=O)NC[C@@H]1CCOc2cc(C=Cc3ccccc3)ccc21. The van der Waals surface area contributed by atoms with Crippen molar-refractivity contribution in [2.24, 2.45) is 0 Å². The average Bonchev–Trinajstić information content (AvgIpc) is 2.64. The topological polar surface area (TPSA) is 47.6 Å². The van der Waals surface area contributed by atoms with Gasteiger partial charge in [0.05, 0.1) is 6.61 Å². The average molecular weight is 365 g/mol. The number of ether oxygens (including phenoxy) is 2. The van der Waals surface area contributed by atoms with E-state index in [9.17, 15) is 4.79 Å². The van der Waals surface area contributed by atoms with E-state index in [1.165, 1.54) is 0 Å². The van der Waals surface area contributed by atoms with E-state index in [-0.39, 0.29) is 12.0 Å². The Morgan fingerprint density at radius 2 is 1.89 bits per heavy atom. The highest BCUT2D eigenvalue weighted by Gasteiger charge is 2.23. The van der Waals surface area contributed by atoms with Crippen molar-refractivity contribution in [2.45, 2.75) is 38.7 Å². The number of hydrogen-bond acceptors (Lipinski definition) is 3. The van der Waals surface area contributed by atoms with Crippen LogP contribution >= 0.6 is 0 Å². The van der Waals surface area contributed by atoms with Gasteiger partial charge in [-0.05, 0) is 49.9 Å². The molecule has 0 spiro atoms. The Morgan fingerprint density at radius 3 is 2.63 bits per heavy atom. The minimum absolute atomic E-state index is 0.230. The van der Waals surface area contributed by atoms with E-state index in [0.29, 0.717) is 13.2 Å². The summed E-state index contributed by atoms with van der Waals surface area (Å²) in [5.74, 6) is 1.13. The molecule has 0 fully saturated rings. The smallest absolute Gasteiger partial charge is 0.407 e. The van der Waals surface area contributed by atoms with E-state index in [0.717, 1.165) is 28.9 Å². The number of benzene rings is 2. The molecule has 0 aromatic heterocycles. The standard InChI is InChI=1S/C23H27NO3/c1-23(2,3)27-22(25)24-16-19-13-14-26-21-15-18(11-12-20(19)21)10-9-17-7-5-4-6-8-17/h4-12,15,19H,13-14,16H2,1-3H3,(H,24,25)/t19-/m0/s1. The Kier molecular flexibility index (Phi) is 5.84. The van der Waals surface area contributed by atoms with Crippen LogP contribution in [0.1, 0.15) is 49.8 Å². The van der Waals surface area contributed by atoms with Gasteiger partial charge in [0.1, 0.15) is 11.4 Å². The van der Waals surface area contributed by atoms with Crippen molar-refractivity contribution in [1.82, 2.24) is 5.32 Å². The summed E-state index contributed by atoms with van der Waals surface area (Å²) in [6.07, 6.45) is 4.67. The van der Waals surface area contributed by atoms with Gasteiger partial charge in [-0.2, -0.15) is 0 Å². The van der Waals surface area contributed by atoms with Crippen molar-refractivity contribution in [3.05, 3.63) is 65.2 Å². The van der Waals surface area contributed by atoms with Crippen LogP contribution in [0.5, 0.6) is 5.75 Å². The number of fused-ring (bicyclic) bond motifs is 1. The number of alkyl carbamates (subject to hydrolysis) is 1. The number of carbonyl (C=O) groups is 1. The van der Waals surface area contributed by atoms with Gasteiger partial charge in [-0.25, -0.2) is 4.79 Å². The Bertz CT molecular complexity index is 806. The summed E-state index contributed by atoms with van der Waals surface area (Å²) in [5.41, 5.74) is 2.90. The maximum Gasteiger partial charge on any atom is 0.407 e. The largest absolute Gasteiger partial charge is 0.493 e. The first kappa shape index (κ1) is 19.0. The highest BCUT2D eigenvalue weighted by atomic mass is 16.6. The minimum Gasteiger partial charge on any atom is -0.493 e. The Morgan fingerprint density at radius 1 is 1.15 bits per heavy atom. The zero-order valence-corrected chi connectivity index (χ0v) is 16.2. The van der Waals surface area contributed by atoms with Crippen LogP contribution in [-0.4, -0.2) is 24.8 Å². The van der Waals surface area contributed by atoms with Gasteiger partial charge in [-0.3, -0.25) is 0 Å². The highest BCUT2D eigenvalue weighted by Crippen LogP contribution is 2.34. The molecule has 0 aliphatic carbocycles. The summed E-state index contributed by atoms with van der Waals surface area (Å²) < 4.78 is 11.2. The fourth-order valence-corrected chi connectivity index (χ4v) is 3.07. The van der Waals surface area contributed by atoms with Crippen LogP contribution in [0.15, 0.2) is 48.5 Å². The van der Waals surface area contributed by atoms with Crippen LogP contribution in [0.3, 0.4) is 0 Å². The van der Waals surface area contributed by atoms with Crippen LogP contribution in [0.2, 0.25) is 0 Å². The maximum absolute atomic E-state index is 11.9. The predicted molar refractivity (Wildman–Crippen MR) is 109 cm³/mol. The van der Waals surface area contributed by atoms with Gasteiger partial charge >= 0.3 is 6.09 Å². The molecule has 0 unspecified atom stereocenters. The number of nitrogens with one attached hydrogen (secondary N) is 1. The van der Waals surface area contributed by atoms with E-state index in [2.05, 4.69) is 47.8 Å². The van der Waals surface area contributed by atoms with Crippen LogP contribution < -0.4 is 10.1 Å². The zero-order valence-electron chi connectivity index (χ0n) is 16.2. The summed E-state index contributed by atoms with van der Waals surface area (Å²) in [6.45, 7) is 6.78. The first-order chi connectivity index (χ1) is 12.9. The zero-order chi connectivity index (χ0) is 19.3. The molecule has 2 aromatic rings. The second kappa shape index (κ2) is 8.30. The molecule has 0 saturated carbocycles. The van der Waals surface area contributed by atoms with Gasteiger partial charge in [0.25, 0.3) is 0 Å². The van der Waals surface area contributed by atoms with Crippen molar-refractivity contribution >= 4 is 18.2 Å². The summed E-state index contributed by atoms with van der Waals surface area (Å²) in [5, 5.41) is 2.88. The molecule has 27 heavy (non-hydrogen) atoms. The highest BCUT2D eigenvalue weighted by molar-refractivity contribution is 5.71. The van der Waals surface area contributed by atoms with Crippen molar-refractivity contribution < 1.29 is 14.3 Å². The summed E-state index contributed by atoms with van der Waals surface area (Å²) in [7, 11) is 0. The molecule has 1 amide bonds. The van der Waals surface area contributed by atoms with Gasteiger partial charge in [0.15, 0.2) is 0 Å².